The molecule has 48 heavy (non-hydrogen) atoms. The number of sulfonamides is 1. The molecule has 1 saturated heterocycles. The second kappa shape index (κ2) is 12.5. The van der Waals surface area contributed by atoms with Gasteiger partial charge in [-0.1, -0.05) is 36.4 Å². The molecule has 0 saturated carbocycles. The van der Waals surface area contributed by atoms with Crippen LogP contribution in [0.1, 0.15) is 24.0 Å². The van der Waals surface area contributed by atoms with Crippen molar-refractivity contribution in [3.05, 3.63) is 89.4 Å². The molecule has 0 radical (unpaired) electrons. The van der Waals surface area contributed by atoms with E-state index in [0.29, 0.717) is 11.3 Å². The molecule has 4 aromatic rings. The van der Waals surface area contributed by atoms with Crippen LogP contribution >= 0.6 is 11.3 Å². The third kappa shape index (κ3) is 4.59. The highest BCUT2D eigenvalue weighted by Gasteiger charge is 2.75. The molecule has 4 unspecified atom stereocenters. The number of imide groups is 1. The van der Waals surface area contributed by atoms with E-state index in [1.54, 1.807) is 48.7 Å². The van der Waals surface area contributed by atoms with Gasteiger partial charge >= 0.3 is 22.0 Å². The first-order valence-corrected chi connectivity index (χ1v) is 17.2. The number of nitrogens with zero attached hydrogens (tertiary/aromatic N) is 4. The van der Waals surface area contributed by atoms with Crippen LogP contribution in [0.5, 0.6) is 17.2 Å². The number of nitriles is 1. The second-order valence-electron chi connectivity index (χ2n) is 11.0. The summed E-state index contributed by atoms with van der Waals surface area (Å²) < 4.78 is 44.7. The monoisotopic (exact) mass is 690 g/mol. The zero-order chi connectivity index (χ0) is 34.3. The van der Waals surface area contributed by atoms with E-state index < -0.39 is 54.9 Å². The van der Waals surface area contributed by atoms with Crippen molar-refractivity contribution in [3.63, 3.8) is 0 Å². The van der Waals surface area contributed by atoms with Gasteiger partial charge in [-0.3, -0.25) is 0 Å². The lowest BCUT2D eigenvalue weighted by atomic mass is 9.70. The summed E-state index contributed by atoms with van der Waals surface area (Å²) in [7, 11) is -2.63. The van der Waals surface area contributed by atoms with Crippen molar-refractivity contribution in [1.29, 1.82) is 5.26 Å². The van der Waals surface area contributed by atoms with E-state index in [2.05, 4.69) is 16.4 Å². The molecule has 2 aliphatic rings. The van der Waals surface area contributed by atoms with Crippen LogP contribution in [0.3, 0.4) is 0 Å². The summed E-state index contributed by atoms with van der Waals surface area (Å²) in [4.78, 5) is 35.2. The highest BCUT2D eigenvalue weighted by Crippen LogP contribution is 2.57. The highest BCUT2D eigenvalue weighted by molar-refractivity contribution is 7.86. The van der Waals surface area contributed by atoms with Crippen LogP contribution in [0.15, 0.2) is 83.2 Å². The molecule has 6 rings (SSSR count). The molecule has 15 heteroatoms. The van der Waals surface area contributed by atoms with Crippen molar-refractivity contribution >= 4 is 44.2 Å². The number of ether oxygens (including phenoxy) is 3. The van der Waals surface area contributed by atoms with Crippen molar-refractivity contribution in [2.75, 3.05) is 44.1 Å². The van der Waals surface area contributed by atoms with Gasteiger partial charge in [0.25, 0.3) is 0 Å². The predicted octanol–water partition coefficient (Wildman–Crippen LogP) is 4.79. The maximum Gasteiger partial charge on any atom is 0.537 e. The van der Waals surface area contributed by atoms with Gasteiger partial charge < -0.3 is 29.5 Å². The van der Waals surface area contributed by atoms with Crippen molar-refractivity contribution < 1.29 is 41.2 Å². The third-order valence-corrected chi connectivity index (χ3v) is 11.8. The summed E-state index contributed by atoms with van der Waals surface area (Å²) in [5.74, 6) is -1.90. The Morgan fingerprint density at radius 2 is 1.90 bits per heavy atom. The SMILES string of the molecule is CCOc1ccccc1C1(C2CNc3ccccc32)C(=O)[N+](C(=O)O)(S(=O)(=O)c2ccc(OC)cc2OC)CC(C#N)N1c1nccs1. The molecule has 2 aliphatic heterocycles. The number of fused-ring (bicyclic) bond motifs is 1. The van der Waals surface area contributed by atoms with E-state index in [-0.39, 0.29) is 41.1 Å². The number of rotatable bonds is 9. The molecule has 4 atom stereocenters. The van der Waals surface area contributed by atoms with E-state index in [1.165, 1.54) is 37.4 Å². The molecule has 3 heterocycles. The van der Waals surface area contributed by atoms with Gasteiger partial charge in [0.15, 0.2) is 21.6 Å². The van der Waals surface area contributed by atoms with E-state index in [0.717, 1.165) is 17.4 Å². The zero-order valence-corrected chi connectivity index (χ0v) is 27.8. The van der Waals surface area contributed by atoms with Gasteiger partial charge in [0.2, 0.25) is 0 Å². The van der Waals surface area contributed by atoms with E-state index in [4.69, 9.17) is 14.2 Å². The number of nitrogens with one attached hydrogen (secondary N) is 1. The van der Waals surface area contributed by atoms with Crippen LogP contribution in [0, 0.1) is 11.3 Å². The number of piperazine rings is 1. The lowest BCUT2D eigenvalue weighted by Gasteiger charge is -2.53. The minimum atomic E-state index is -5.23. The topological polar surface area (TPSA) is 168 Å². The van der Waals surface area contributed by atoms with E-state index >= 15 is 13.2 Å². The molecule has 2 amide bonds. The normalized spacial score (nSPS) is 23.5. The largest absolute Gasteiger partial charge is 0.537 e. The van der Waals surface area contributed by atoms with Crippen molar-refractivity contribution in [2.24, 2.45) is 0 Å². The van der Waals surface area contributed by atoms with Crippen LogP contribution in [0.4, 0.5) is 15.6 Å². The average molecular weight is 691 g/mol. The lowest BCUT2D eigenvalue weighted by molar-refractivity contribution is -0.660. The Bertz CT molecular complexity index is 2030. The summed E-state index contributed by atoms with van der Waals surface area (Å²) in [5.41, 5.74) is -0.682. The predicted molar refractivity (Wildman–Crippen MR) is 176 cm³/mol. The minimum Gasteiger partial charge on any atom is -0.497 e. The van der Waals surface area contributed by atoms with Gasteiger partial charge in [0, 0.05) is 41.4 Å². The molecular formula is C33H32N5O8S2+. The molecule has 248 valence electrons. The fraction of sp³-hybridized carbons (Fsp3) is 0.273. The first-order valence-electron chi connectivity index (χ1n) is 14.9. The van der Waals surface area contributed by atoms with Crippen LogP contribution < -0.4 is 24.4 Å². The van der Waals surface area contributed by atoms with Gasteiger partial charge in [-0.15, -0.1) is 11.3 Å². The van der Waals surface area contributed by atoms with Gasteiger partial charge in [-0.05, 0) is 40.6 Å². The maximum absolute atomic E-state index is 16.0. The smallest absolute Gasteiger partial charge is 0.497 e. The van der Waals surface area contributed by atoms with Crippen LogP contribution in [0.25, 0.3) is 0 Å². The Morgan fingerprint density at radius 1 is 1.15 bits per heavy atom. The Kier molecular flexibility index (Phi) is 8.50. The second-order valence-corrected chi connectivity index (χ2v) is 13.9. The Morgan fingerprint density at radius 3 is 2.56 bits per heavy atom. The number of anilines is 2. The number of para-hydroxylation sites is 2. The van der Waals surface area contributed by atoms with Crippen molar-refractivity contribution in [3.8, 4) is 23.3 Å². The molecule has 3 aromatic carbocycles. The zero-order valence-electron chi connectivity index (χ0n) is 26.2. The molecule has 0 bridgehead atoms. The van der Waals surface area contributed by atoms with Crippen LogP contribution in [0.2, 0.25) is 0 Å². The minimum absolute atomic E-state index is 0.0943. The first-order chi connectivity index (χ1) is 23.1. The van der Waals surface area contributed by atoms with Crippen molar-refractivity contribution in [1.82, 2.24) is 4.98 Å². The number of aromatic nitrogens is 1. The summed E-state index contributed by atoms with van der Waals surface area (Å²) in [6, 6.07) is 18.2. The van der Waals surface area contributed by atoms with Gasteiger partial charge in [0.1, 0.15) is 23.8 Å². The number of carbonyl (C=O) groups is 2. The van der Waals surface area contributed by atoms with Crippen LogP contribution in [-0.4, -0.2) is 74.4 Å². The number of methoxy groups -OCH3 is 2. The number of hydrogen-bond acceptors (Lipinski definition) is 12. The molecule has 13 nitrogen and oxygen atoms in total. The summed E-state index contributed by atoms with van der Waals surface area (Å²) >= 11 is 1.14. The van der Waals surface area contributed by atoms with Crippen LogP contribution in [-0.2, 0) is 20.4 Å². The van der Waals surface area contributed by atoms with Gasteiger partial charge in [-0.2, -0.15) is 18.5 Å². The number of hydrogen-bond donors (Lipinski definition) is 2. The number of thiazole rings is 1. The molecular weight excluding hydrogens is 659 g/mol. The number of amides is 2. The number of carbonyl (C=O) groups excluding carboxylic acids is 1. The Hall–Kier alpha value is -5.17. The average Bonchev–Trinajstić information content (AvgIpc) is 3.79. The Balaban J connectivity index is 1.78. The van der Waals surface area contributed by atoms with Crippen molar-refractivity contribution in [2.45, 2.75) is 29.3 Å². The van der Waals surface area contributed by atoms with Gasteiger partial charge in [0.05, 0.1) is 26.9 Å². The molecule has 1 aromatic heterocycles. The molecule has 1 fully saturated rings. The van der Waals surface area contributed by atoms with E-state index in [9.17, 15) is 15.2 Å². The molecule has 0 aliphatic carbocycles. The Labute approximate surface area is 281 Å². The summed E-state index contributed by atoms with van der Waals surface area (Å²) in [6.07, 6.45) is -0.472. The lowest BCUT2D eigenvalue weighted by Crippen LogP contribution is -2.79. The molecule has 2 N–H and O–H groups in total. The third-order valence-electron chi connectivity index (χ3n) is 8.85. The fourth-order valence-electron chi connectivity index (χ4n) is 6.85. The fourth-order valence-corrected chi connectivity index (χ4v) is 9.47. The maximum atomic E-state index is 16.0. The molecule has 0 spiro atoms. The summed E-state index contributed by atoms with van der Waals surface area (Å²) in [5, 5.41) is 27.2. The first kappa shape index (κ1) is 32.8. The number of quaternary nitrogens is 1. The van der Waals surface area contributed by atoms with E-state index in [1.807, 2.05) is 12.1 Å². The quantitative estimate of drug-likeness (QED) is 0.231. The standard InChI is InChI=1S/C33H31N5O8S2/c1-4-46-27-12-8-6-10-24(27)33(25-19-36-26-11-7-5-9-23(25)26)30(39)38(32(40)41,20-21(18-34)37(33)31-35-15-16-47-31)48(42,43)29-14-13-22(44-2)17-28(29)45-3/h5-17,21,25,36H,4,19-20H2,1-3H3/p+1. The number of benzene rings is 3. The van der Waals surface area contributed by atoms with Gasteiger partial charge in [-0.25, -0.2) is 9.78 Å². The number of carboxylic acid groups (broad SMARTS) is 1. The highest BCUT2D eigenvalue weighted by atomic mass is 32.2. The summed E-state index contributed by atoms with van der Waals surface area (Å²) in [6.45, 7) is 1.08.